The molecular weight excluding hydrogens is 358 g/mol. The molecule has 146 valence electrons. The number of hydrogen-bond donors (Lipinski definition) is 0. The Morgan fingerprint density at radius 2 is 1.75 bits per heavy atom. The van der Waals surface area contributed by atoms with E-state index in [1.807, 2.05) is 38.1 Å². The van der Waals surface area contributed by atoms with Crippen molar-refractivity contribution in [2.45, 2.75) is 26.8 Å². The molecular formula is C20H23N5O3. The third-order valence-electron chi connectivity index (χ3n) is 5.10. The average molecular weight is 381 g/mol. The molecule has 3 aromatic rings. The Morgan fingerprint density at radius 1 is 1.04 bits per heavy atom. The highest BCUT2D eigenvalue weighted by Gasteiger charge is 2.29. The molecule has 4 rings (SSSR count). The first-order valence-corrected chi connectivity index (χ1v) is 9.38. The van der Waals surface area contributed by atoms with Gasteiger partial charge in [0, 0.05) is 37.8 Å². The van der Waals surface area contributed by atoms with Crippen molar-refractivity contribution >= 4 is 5.91 Å². The van der Waals surface area contributed by atoms with Crippen LogP contribution in [0, 0.1) is 13.8 Å². The van der Waals surface area contributed by atoms with E-state index in [-0.39, 0.29) is 11.9 Å². The molecule has 1 unspecified atom stereocenters. The van der Waals surface area contributed by atoms with Gasteiger partial charge in [-0.15, -0.1) is 0 Å². The van der Waals surface area contributed by atoms with Crippen LogP contribution in [0.15, 0.2) is 39.4 Å². The molecule has 3 heterocycles. The van der Waals surface area contributed by atoms with Crippen LogP contribution in [0.1, 0.15) is 40.7 Å². The van der Waals surface area contributed by atoms with Crippen LogP contribution in [0.5, 0.6) is 0 Å². The summed E-state index contributed by atoms with van der Waals surface area (Å²) < 4.78 is 10.6. The number of benzene rings is 1. The molecule has 8 nitrogen and oxygen atoms in total. The molecule has 1 aliphatic rings. The van der Waals surface area contributed by atoms with Crippen molar-refractivity contribution in [3.63, 3.8) is 0 Å². The summed E-state index contributed by atoms with van der Waals surface area (Å²) in [7, 11) is 0. The molecule has 28 heavy (non-hydrogen) atoms. The summed E-state index contributed by atoms with van der Waals surface area (Å²) in [6, 6.07) is 9.69. The van der Waals surface area contributed by atoms with Crippen molar-refractivity contribution in [2.24, 2.45) is 0 Å². The van der Waals surface area contributed by atoms with E-state index in [2.05, 4.69) is 20.2 Å². The second-order valence-electron chi connectivity index (χ2n) is 7.16. The van der Waals surface area contributed by atoms with Gasteiger partial charge in [-0.3, -0.25) is 9.69 Å². The maximum absolute atomic E-state index is 12.5. The molecule has 1 atom stereocenters. The zero-order valence-corrected chi connectivity index (χ0v) is 16.3. The van der Waals surface area contributed by atoms with Gasteiger partial charge in [-0.25, -0.2) is 0 Å². The molecule has 0 spiro atoms. The van der Waals surface area contributed by atoms with Crippen LogP contribution < -0.4 is 0 Å². The Balaban J connectivity index is 1.38. The van der Waals surface area contributed by atoms with Crippen LogP contribution in [0.4, 0.5) is 0 Å². The number of aromatic nitrogens is 3. The van der Waals surface area contributed by atoms with Crippen LogP contribution in [0.3, 0.4) is 0 Å². The molecule has 1 aliphatic heterocycles. The third-order valence-corrected chi connectivity index (χ3v) is 5.10. The van der Waals surface area contributed by atoms with Gasteiger partial charge >= 0.3 is 0 Å². The fraction of sp³-hybridized carbons (Fsp3) is 0.400. The van der Waals surface area contributed by atoms with Gasteiger partial charge in [0.05, 0.1) is 11.7 Å². The normalized spacial score (nSPS) is 16.3. The van der Waals surface area contributed by atoms with Gasteiger partial charge in [-0.2, -0.15) is 4.98 Å². The van der Waals surface area contributed by atoms with Gasteiger partial charge in [0.1, 0.15) is 0 Å². The third kappa shape index (κ3) is 3.68. The van der Waals surface area contributed by atoms with Crippen molar-refractivity contribution in [1.82, 2.24) is 25.1 Å². The average Bonchev–Trinajstić information content (AvgIpc) is 3.37. The maximum atomic E-state index is 12.5. The van der Waals surface area contributed by atoms with E-state index in [9.17, 15) is 4.79 Å². The highest BCUT2D eigenvalue weighted by molar-refractivity contribution is 5.91. The fourth-order valence-corrected chi connectivity index (χ4v) is 3.31. The van der Waals surface area contributed by atoms with Gasteiger partial charge in [0.2, 0.25) is 17.5 Å². The molecule has 0 bridgehead atoms. The topological polar surface area (TPSA) is 88.5 Å². The number of amides is 1. The van der Waals surface area contributed by atoms with E-state index in [0.717, 1.165) is 18.7 Å². The highest BCUT2D eigenvalue weighted by atomic mass is 16.5. The summed E-state index contributed by atoms with van der Waals surface area (Å²) >= 11 is 0. The number of piperazine rings is 1. The van der Waals surface area contributed by atoms with Gasteiger partial charge in [0.25, 0.3) is 5.91 Å². The number of carbonyl (C=O) groups is 1. The van der Waals surface area contributed by atoms with Crippen molar-refractivity contribution in [3.05, 3.63) is 53.2 Å². The van der Waals surface area contributed by atoms with E-state index >= 15 is 0 Å². The zero-order chi connectivity index (χ0) is 19.7. The lowest BCUT2D eigenvalue weighted by molar-refractivity contribution is 0.0516. The second kappa shape index (κ2) is 7.55. The van der Waals surface area contributed by atoms with E-state index in [1.54, 1.807) is 17.9 Å². The van der Waals surface area contributed by atoms with E-state index in [4.69, 9.17) is 9.05 Å². The lowest BCUT2D eigenvalue weighted by Crippen LogP contribution is -2.49. The summed E-state index contributed by atoms with van der Waals surface area (Å²) in [6.45, 7) is 8.56. The Kier molecular flexibility index (Phi) is 4.95. The minimum Gasteiger partial charge on any atom is -0.351 e. The Hall–Kier alpha value is -3.00. The predicted octanol–water partition coefficient (Wildman–Crippen LogP) is 2.86. The molecule has 1 amide bonds. The minimum atomic E-state index is -0.118. The van der Waals surface area contributed by atoms with Gasteiger partial charge < -0.3 is 13.9 Å². The molecule has 0 aliphatic carbocycles. The Bertz CT molecular complexity index is 954. The van der Waals surface area contributed by atoms with Gasteiger partial charge in [-0.05, 0) is 20.8 Å². The SMILES string of the molecule is Cc1ccc(-c2noc(C(C)N3CCN(C(=O)c4cc(C)no4)CC3)n2)cc1. The maximum Gasteiger partial charge on any atom is 0.292 e. The minimum absolute atomic E-state index is 0.0172. The monoisotopic (exact) mass is 381 g/mol. The number of carbonyl (C=O) groups excluding carboxylic acids is 1. The van der Waals surface area contributed by atoms with Crippen LogP contribution in [0.25, 0.3) is 11.4 Å². The summed E-state index contributed by atoms with van der Waals surface area (Å²) in [6.07, 6.45) is 0. The van der Waals surface area contributed by atoms with Crippen LogP contribution >= 0.6 is 0 Å². The number of nitrogens with zero attached hydrogens (tertiary/aromatic N) is 5. The van der Waals surface area contributed by atoms with Crippen LogP contribution in [-0.2, 0) is 0 Å². The molecule has 8 heteroatoms. The first-order valence-electron chi connectivity index (χ1n) is 9.38. The molecule has 0 saturated carbocycles. The standard InChI is InChI=1S/C20H23N5O3/c1-13-4-6-16(7-5-13)18-21-19(28-23-18)15(3)24-8-10-25(11-9-24)20(26)17-12-14(2)22-27-17/h4-7,12,15H,8-11H2,1-3H3. The van der Waals surface area contributed by atoms with Gasteiger partial charge in [0.15, 0.2) is 0 Å². The quantitative estimate of drug-likeness (QED) is 0.686. The number of aryl methyl sites for hydroxylation is 2. The molecule has 2 aromatic heterocycles. The predicted molar refractivity (Wildman–Crippen MR) is 102 cm³/mol. The number of rotatable bonds is 4. The molecule has 0 radical (unpaired) electrons. The Morgan fingerprint density at radius 3 is 2.39 bits per heavy atom. The first-order chi connectivity index (χ1) is 13.5. The molecule has 0 N–H and O–H groups in total. The smallest absolute Gasteiger partial charge is 0.292 e. The number of hydrogen-bond acceptors (Lipinski definition) is 7. The summed E-state index contributed by atoms with van der Waals surface area (Å²) in [5, 5.41) is 7.91. The fourth-order valence-electron chi connectivity index (χ4n) is 3.31. The van der Waals surface area contributed by atoms with Crippen molar-refractivity contribution < 1.29 is 13.8 Å². The summed E-state index contributed by atoms with van der Waals surface area (Å²) in [5.41, 5.74) is 2.83. The first kappa shape index (κ1) is 18.4. The summed E-state index contributed by atoms with van der Waals surface area (Å²) in [5.74, 6) is 1.35. The van der Waals surface area contributed by atoms with E-state index < -0.39 is 0 Å². The lowest BCUT2D eigenvalue weighted by atomic mass is 10.1. The summed E-state index contributed by atoms with van der Waals surface area (Å²) in [4.78, 5) is 21.1. The van der Waals surface area contributed by atoms with E-state index in [1.165, 1.54) is 5.56 Å². The zero-order valence-electron chi connectivity index (χ0n) is 16.3. The van der Waals surface area contributed by atoms with Crippen molar-refractivity contribution in [3.8, 4) is 11.4 Å². The molecule has 1 saturated heterocycles. The lowest BCUT2D eigenvalue weighted by Gasteiger charge is -2.36. The van der Waals surface area contributed by atoms with Crippen LogP contribution in [-0.4, -0.2) is 57.2 Å². The molecule has 1 fully saturated rings. The second-order valence-corrected chi connectivity index (χ2v) is 7.16. The highest BCUT2D eigenvalue weighted by Crippen LogP contribution is 2.24. The van der Waals surface area contributed by atoms with Crippen molar-refractivity contribution in [1.29, 1.82) is 0 Å². The van der Waals surface area contributed by atoms with Crippen LogP contribution in [0.2, 0.25) is 0 Å². The molecule has 1 aromatic carbocycles. The van der Waals surface area contributed by atoms with Crippen molar-refractivity contribution in [2.75, 3.05) is 26.2 Å². The Labute approximate surface area is 163 Å². The van der Waals surface area contributed by atoms with Gasteiger partial charge in [-0.1, -0.05) is 40.1 Å². The largest absolute Gasteiger partial charge is 0.351 e. The van der Waals surface area contributed by atoms with E-state index in [0.29, 0.717) is 36.3 Å².